The maximum Gasteiger partial charge on any atom is 0.321 e. The molecule has 6 nitrogen and oxygen atoms in total. The molecule has 1 heterocycles. The molecule has 1 atom stereocenters. The van der Waals surface area contributed by atoms with Gasteiger partial charge < -0.3 is 19.7 Å². The van der Waals surface area contributed by atoms with E-state index >= 15 is 0 Å². The molecule has 0 aliphatic carbocycles. The number of nitrogens with zero attached hydrogens (tertiary/aromatic N) is 1. The number of ether oxygens (including phenoxy) is 2. The molecule has 1 aliphatic heterocycles. The molecule has 114 valence electrons. The zero-order valence-corrected chi connectivity index (χ0v) is 12.3. The van der Waals surface area contributed by atoms with Gasteiger partial charge in [-0.25, -0.2) is 4.79 Å². The van der Waals surface area contributed by atoms with Crippen LogP contribution in [0.25, 0.3) is 0 Å². The van der Waals surface area contributed by atoms with Gasteiger partial charge in [0.1, 0.15) is 5.75 Å². The van der Waals surface area contributed by atoms with Crippen molar-refractivity contribution in [3.8, 4) is 5.75 Å². The number of hydrogen-bond acceptors (Lipinski definition) is 4. The van der Waals surface area contributed by atoms with E-state index in [0.717, 1.165) is 12.8 Å². The summed E-state index contributed by atoms with van der Waals surface area (Å²) in [5.74, 6) is 0.188. The fourth-order valence-corrected chi connectivity index (χ4v) is 2.42. The average molecular weight is 292 g/mol. The molecule has 1 saturated heterocycles. The van der Waals surface area contributed by atoms with Gasteiger partial charge in [0, 0.05) is 24.8 Å². The van der Waals surface area contributed by atoms with Crippen LogP contribution in [0.1, 0.15) is 12.8 Å². The van der Waals surface area contributed by atoms with Crippen molar-refractivity contribution in [2.75, 3.05) is 32.6 Å². The first kappa shape index (κ1) is 15.2. The van der Waals surface area contributed by atoms with Gasteiger partial charge in [0.25, 0.3) is 0 Å². The zero-order valence-electron chi connectivity index (χ0n) is 12.3. The van der Waals surface area contributed by atoms with Crippen molar-refractivity contribution in [3.05, 3.63) is 24.3 Å². The predicted molar refractivity (Wildman–Crippen MR) is 78.3 cm³/mol. The minimum atomic E-state index is -0.256. The Kier molecular flexibility index (Phi) is 5.03. The Morgan fingerprint density at radius 1 is 1.33 bits per heavy atom. The lowest BCUT2D eigenvalue weighted by Crippen LogP contribution is -2.44. The SMILES string of the molecule is COC(=O)C1CCCN(C(=O)Nc2cccc(OC)c2)C1. The van der Waals surface area contributed by atoms with Crippen molar-refractivity contribution >= 4 is 17.7 Å². The van der Waals surface area contributed by atoms with Crippen molar-refractivity contribution in [1.29, 1.82) is 0 Å². The summed E-state index contributed by atoms with van der Waals surface area (Å²) < 4.78 is 9.87. The Balaban J connectivity index is 1.97. The second-order valence-corrected chi connectivity index (χ2v) is 4.97. The summed E-state index contributed by atoms with van der Waals surface area (Å²) in [4.78, 5) is 25.5. The Morgan fingerprint density at radius 2 is 2.14 bits per heavy atom. The highest BCUT2D eigenvalue weighted by molar-refractivity contribution is 5.90. The first-order valence-corrected chi connectivity index (χ1v) is 6.92. The first-order valence-electron chi connectivity index (χ1n) is 6.92. The van der Waals surface area contributed by atoms with Crippen LogP contribution < -0.4 is 10.1 Å². The zero-order chi connectivity index (χ0) is 15.2. The van der Waals surface area contributed by atoms with Crippen LogP contribution in [0.4, 0.5) is 10.5 Å². The molecule has 1 N–H and O–H groups in total. The van der Waals surface area contributed by atoms with E-state index < -0.39 is 0 Å². The van der Waals surface area contributed by atoms with Gasteiger partial charge in [-0.3, -0.25) is 4.79 Å². The molecule has 0 saturated carbocycles. The molecule has 2 rings (SSSR count). The number of esters is 1. The van der Waals surface area contributed by atoms with Crippen LogP contribution in [-0.4, -0.2) is 44.2 Å². The van der Waals surface area contributed by atoms with Crippen LogP contribution in [0.2, 0.25) is 0 Å². The van der Waals surface area contributed by atoms with Gasteiger partial charge in [-0.1, -0.05) is 6.07 Å². The number of amides is 2. The van der Waals surface area contributed by atoms with Crippen LogP contribution >= 0.6 is 0 Å². The highest BCUT2D eigenvalue weighted by Gasteiger charge is 2.29. The van der Waals surface area contributed by atoms with E-state index in [1.54, 1.807) is 24.1 Å². The molecule has 1 fully saturated rings. The Morgan fingerprint density at radius 3 is 2.86 bits per heavy atom. The number of urea groups is 1. The van der Waals surface area contributed by atoms with E-state index in [4.69, 9.17) is 9.47 Å². The Hall–Kier alpha value is -2.24. The highest BCUT2D eigenvalue weighted by Crippen LogP contribution is 2.20. The summed E-state index contributed by atoms with van der Waals surface area (Å²) in [5.41, 5.74) is 0.666. The van der Waals surface area contributed by atoms with E-state index in [9.17, 15) is 9.59 Å². The highest BCUT2D eigenvalue weighted by atomic mass is 16.5. The number of likely N-dealkylation sites (tertiary alicyclic amines) is 1. The third-order valence-electron chi connectivity index (χ3n) is 3.56. The molecule has 6 heteroatoms. The van der Waals surface area contributed by atoms with E-state index in [2.05, 4.69) is 5.32 Å². The molecule has 1 aliphatic rings. The van der Waals surface area contributed by atoms with Gasteiger partial charge in [-0.05, 0) is 25.0 Å². The van der Waals surface area contributed by atoms with E-state index in [0.29, 0.717) is 24.5 Å². The molecule has 1 aromatic rings. The number of methoxy groups -OCH3 is 2. The smallest absolute Gasteiger partial charge is 0.321 e. The fourth-order valence-electron chi connectivity index (χ4n) is 2.42. The summed E-state index contributed by atoms with van der Waals surface area (Å²) in [6, 6.07) is 6.95. The normalized spacial score (nSPS) is 18.0. The molecule has 0 aromatic heterocycles. The predicted octanol–water partition coefficient (Wildman–Crippen LogP) is 2.11. The van der Waals surface area contributed by atoms with Crippen molar-refractivity contribution in [2.45, 2.75) is 12.8 Å². The molecule has 1 unspecified atom stereocenters. The number of hydrogen-bond donors (Lipinski definition) is 1. The summed E-state index contributed by atoms with van der Waals surface area (Å²) in [6.45, 7) is 1.03. The first-order chi connectivity index (χ1) is 10.1. The van der Waals surface area contributed by atoms with Gasteiger partial charge in [-0.2, -0.15) is 0 Å². The molecule has 1 aromatic carbocycles. The minimum absolute atomic E-state index is 0.211. The van der Waals surface area contributed by atoms with Crippen LogP contribution in [0.3, 0.4) is 0 Å². The number of carbonyl (C=O) groups excluding carboxylic acids is 2. The van der Waals surface area contributed by atoms with Gasteiger partial charge in [0.05, 0.1) is 20.1 Å². The van der Waals surface area contributed by atoms with Crippen molar-refractivity contribution in [1.82, 2.24) is 4.90 Å². The fraction of sp³-hybridized carbons (Fsp3) is 0.467. The van der Waals surface area contributed by atoms with Crippen molar-refractivity contribution in [3.63, 3.8) is 0 Å². The number of rotatable bonds is 3. The second kappa shape index (κ2) is 6.97. The summed E-state index contributed by atoms with van der Waals surface area (Å²) in [7, 11) is 2.95. The molecule has 0 spiro atoms. The summed E-state index contributed by atoms with van der Waals surface area (Å²) in [5, 5.41) is 2.82. The Bertz CT molecular complexity index is 518. The van der Waals surface area contributed by atoms with Gasteiger partial charge in [-0.15, -0.1) is 0 Å². The minimum Gasteiger partial charge on any atom is -0.497 e. The molecule has 21 heavy (non-hydrogen) atoms. The number of anilines is 1. The van der Waals surface area contributed by atoms with Crippen LogP contribution in [0, 0.1) is 5.92 Å². The standard InChI is InChI=1S/C15H20N2O4/c1-20-13-7-3-6-12(9-13)16-15(19)17-8-4-5-11(10-17)14(18)21-2/h3,6-7,9,11H,4-5,8,10H2,1-2H3,(H,16,19). The summed E-state index contributed by atoms with van der Waals surface area (Å²) >= 11 is 0. The van der Waals surface area contributed by atoms with E-state index in [-0.39, 0.29) is 17.9 Å². The number of benzene rings is 1. The molecular weight excluding hydrogens is 272 g/mol. The van der Waals surface area contributed by atoms with E-state index in [1.807, 2.05) is 12.1 Å². The lowest BCUT2D eigenvalue weighted by molar-refractivity contribution is -0.146. The average Bonchev–Trinajstić information content (AvgIpc) is 2.54. The molecule has 0 bridgehead atoms. The number of piperidine rings is 1. The quantitative estimate of drug-likeness (QED) is 0.866. The molecule has 0 radical (unpaired) electrons. The van der Waals surface area contributed by atoms with Gasteiger partial charge in [0.15, 0.2) is 0 Å². The van der Waals surface area contributed by atoms with Gasteiger partial charge in [0.2, 0.25) is 0 Å². The Labute approximate surface area is 124 Å². The molecular formula is C15H20N2O4. The van der Waals surface area contributed by atoms with Crippen LogP contribution in [-0.2, 0) is 9.53 Å². The maximum absolute atomic E-state index is 12.2. The lowest BCUT2D eigenvalue weighted by atomic mass is 9.98. The van der Waals surface area contributed by atoms with Crippen molar-refractivity contribution in [2.24, 2.45) is 5.92 Å². The van der Waals surface area contributed by atoms with Crippen LogP contribution in [0.15, 0.2) is 24.3 Å². The van der Waals surface area contributed by atoms with Crippen molar-refractivity contribution < 1.29 is 19.1 Å². The monoisotopic (exact) mass is 292 g/mol. The third-order valence-corrected chi connectivity index (χ3v) is 3.56. The number of nitrogens with one attached hydrogen (secondary N) is 1. The topological polar surface area (TPSA) is 67.9 Å². The van der Waals surface area contributed by atoms with Crippen LogP contribution in [0.5, 0.6) is 5.75 Å². The largest absolute Gasteiger partial charge is 0.497 e. The third kappa shape index (κ3) is 3.87. The lowest BCUT2D eigenvalue weighted by Gasteiger charge is -2.31. The second-order valence-electron chi connectivity index (χ2n) is 4.97. The van der Waals surface area contributed by atoms with Gasteiger partial charge >= 0.3 is 12.0 Å². The number of carbonyl (C=O) groups is 2. The maximum atomic E-state index is 12.2. The molecule has 2 amide bonds. The summed E-state index contributed by atoms with van der Waals surface area (Å²) in [6.07, 6.45) is 1.56. The van der Waals surface area contributed by atoms with E-state index in [1.165, 1.54) is 7.11 Å².